The monoisotopic (exact) mass is 361 g/mol. The molecule has 98 valence electrons. The molecule has 0 saturated carbocycles. The Balaban J connectivity index is 2.33. The average Bonchev–Trinajstić information content (AvgIpc) is 2.66. The second-order valence-corrected chi connectivity index (χ2v) is 5.40. The van der Waals surface area contributed by atoms with Crippen LogP contribution in [0.5, 0.6) is 0 Å². The number of hydrogen-bond donors (Lipinski definition) is 0. The summed E-state index contributed by atoms with van der Waals surface area (Å²) in [5, 5.41) is 7.92. The van der Waals surface area contributed by atoms with Crippen molar-refractivity contribution in [3.63, 3.8) is 0 Å². The highest BCUT2D eigenvalue weighted by molar-refractivity contribution is 14.1. The van der Waals surface area contributed by atoms with E-state index in [1.54, 1.807) is 0 Å². The van der Waals surface area contributed by atoms with Gasteiger partial charge in [0, 0.05) is 13.1 Å². The molecule has 1 aromatic rings. The van der Waals surface area contributed by atoms with Gasteiger partial charge in [-0.25, -0.2) is 4.79 Å². The van der Waals surface area contributed by atoms with Crippen LogP contribution in [0.15, 0.2) is 6.07 Å². The molecule has 0 radical (unpaired) electrons. The fourth-order valence-electron chi connectivity index (χ4n) is 2.15. The van der Waals surface area contributed by atoms with Crippen molar-refractivity contribution in [3.05, 3.63) is 15.5 Å². The van der Waals surface area contributed by atoms with Gasteiger partial charge < -0.3 is 9.64 Å². The SMILES string of the molecule is COC(=O)c1nnc(I)cc1N1CCCCCC1. The zero-order chi connectivity index (χ0) is 13.0. The number of rotatable bonds is 2. The molecule has 0 bridgehead atoms. The van der Waals surface area contributed by atoms with Gasteiger partial charge in [0.1, 0.15) is 3.70 Å². The van der Waals surface area contributed by atoms with Gasteiger partial charge in [-0.2, -0.15) is 0 Å². The molecule has 5 nitrogen and oxygen atoms in total. The minimum atomic E-state index is -0.418. The van der Waals surface area contributed by atoms with Crippen LogP contribution in [0.3, 0.4) is 0 Å². The molecule has 6 heteroatoms. The van der Waals surface area contributed by atoms with Crippen molar-refractivity contribution in [2.75, 3.05) is 25.1 Å². The third kappa shape index (κ3) is 3.09. The molecule has 1 aliphatic heterocycles. The molecule has 2 heterocycles. The molecule has 0 atom stereocenters. The molecule has 0 unspecified atom stereocenters. The van der Waals surface area contributed by atoms with Crippen molar-refractivity contribution in [2.24, 2.45) is 0 Å². The third-order valence-corrected chi connectivity index (χ3v) is 3.60. The number of carbonyl (C=O) groups excluding carboxylic acids is 1. The van der Waals surface area contributed by atoms with E-state index in [0.717, 1.165) is 35.3 Å². The molecule has 0 amide bonds. The van der Waals surface area contributed by atoms with Crippen LogP contribution in [0.1, 0.15) is 36.2 Å². The summed E-state index contributed by atoms with van der Waals surface area (Å²) in [5.74, 6) is -0.418. The van der Waals surface area contributed by atoms with Gasteiger partial charge in [-0.1, -0.05) is 12.8 Å². The highest BCUT2D eigenvalue weighted by Gasteiger charge is 2.21. The molecule has 0 aliphatic carbocycles. The van der Waals surface area contributed by atoms with Gasteiger partial charge in [0.2, 0.25) is 0 Å². The van der Waals surface area contributed by atoms with Crippen LogP contribution < -0.4 is 4.90 Å². The Kier molecular flexibility index (Phi) is 4.73. The van der Waals surface area contributed by atoms with Crippen molar-refractivity contribution in [1.29, 1.82) is 0 Å². The Morgan fingerprint density at radius 1 is 1.28 bits per heavy atom. The van der Waals surface area contributed by atoms with Crippen LogP contribution in [0.2, 0.25) is 0 Å². The summed E-state index contributed by atoms with van der Waals surface area (Å²) in [4.78, 5) is 13.9. The normalized spacial score (nSPS) is 16.2. The Morgan fingerprint density at radius 2 is 1.94 bits per heavy atom. The van der Waals surface area contributed by atoms with Crippen molar-refractivity contribution < 1.29 is 9.53 Å². The number of carbonyl (C=O) groups is 1. The lowest BCUT2D eigenvalue weighted by atomic mass is 10.2. The average molecular weight is 361 g/mol. The molecule has 0 spiro atoms. The first-order chi connectivity index (χ1) is 8.72. The summed E-state index contributed by atoms with van der Waals surface area (Å²) in [5.41, 5.74) is 1.17. The summed E-state index contributed by atoms with van der Waals surface area (Å²) < 4.78 is 5.56. The number of esters is 1. The highest BCUT2D eigenvalue weighted by Crippen LogP contribution is 2.24. The number of halogens is 1. The van der Waals surface area contributed by atoms with E-state index in [2.05, 4.69) is 37.7 Å². The second kappa shape index (κ2) is 6.31. The third-order valence-electron chi connectivity index (χ3n) is 3.07. The quantitative estimate of drug-likeness (QED) is 0.598. The van der Waals surface area contributed by atoms with Crippen LogP contribution in [-0.4, -0.2) is 36.4 Å². The lowest BCUT2D eigenvalue weighted by Gasteiger charge is -2.23. The van der Waals surface area contributed by atoms with E-state index in [1.165, 1.54) is 20.0 Å². The lowest BCUT2D eigenvalue weighted by Crippen LogP contribution is -2.27. The second-order valence-electron chi connectivity index (χ2n) is 4.29. The summed E-state index contributed by atoms with van der Waals surface area (Å²) in [6.45, 7) is 1.93. The molecule has 0 aromatic carbocycles. The van der Waals surface area contributed by atoms with Gasteiger partial charge in [0.15, 0.2) is 5.69 Å². The standard InChI is InChI=1S/C12H16IN3O2/c1-18-12(17)11-9(8-10(13)14-15-11)16-6-4-2-3-5-7-16/h8H,2-7H2,1H3. The van der Waals surface area contributed by atoms with E-state index < -0.39 is 5.97 Å². The molecule has 1 aliphatic rings. The van der Waals surface area contributed by atoms with Gasteiger partial charge in [-0.05, 0) is 41.5 Å². The molecular formula is C12H16IN3O2. The number of hydrogen-bond acceptors (Lipinski definition) is 5. The van der Waals surface area contributed by atoms with Gasteiger partial charge in [-0.3, -0.25) is 0 Å². The molecule has 0 N–H and O–H groups in total. The number of methoxy groups -OCH3 is 1. The van der Waals surface area contributed by atoms with Crippen molar-refractivity contribution in [1.82, 2.24) is 10.2 Å². The molecule has 1 saturated heterocycles. The van der Waals surface area contributed by atoms with E-state index in [9.17, 15) is 4.79 Å². The number of nitrogens with zero attached hydrogens (tertiary/aromatic N) is 3. The first kappa shape index (κ1) is 13.5. The molecule has 1 fully saturated rings. The maximum Gasteiger partial charge on any atom is 0.360 e. The Morgan fingerprint density at radius 3 is 2.56 bits per heavy atom. The van der Waals surface area contributed by atoms with E-state index in [4.69, 9.17) is 4.74 Å². The molecule has 1 aromatic heterocycles. The van der Waals surface area contributed by atoms with Gasteiger partial charge in [0.05, 0.1) is 12.8 Å². The van der Waals surface area contributed by atoms with Crippen molar-refractivity contribution in [2.45, 2.75) is 25.7 Å². The van der Waals surface area contributed by atoms with Gasteiger partial charge >= 0.3 is 5.97 Å². The van der Waals surface area contributed by atoms with Crippen LogP contribution in [0.4, 0.5) is 5.69 Å². The number of aromatic nitrogens is 2. The van der Waals surface area contributed by atoms with Crippen LogP contribution in [0, 0.1) is 3.70 Å². The highest BCUT2D eigenvalue weighted by atomic mass is 127. The van der Waals surface area contributed by atoms with Crippen LogP contribution in [0.25, 0.3) is 0 Å². The lowest BCUT2D eigenvalue weighted by molar-refractivity contribution is 0.0593. The minimum absolute atomic E-state index is 0.319. The van der Waals surface area contributed by atoms with E-state index in [0.29, 0.717) is 5.69 Å². The summed E-state index contributed by atoms with van der Waals surface area (Å²) in [7, 11) is 1.37. The van der Waals surface area contributed by atoms with Crippen LogP contribution in [-0.2, 0) is 4.74 Å². The van der Waals surface area contributed by atoms with Crippen LogP contribution >= 0.6 is 22.6 Å². The number of ether oxygens (including phenoxy) is 1. The largest absolute Gasteiger partial charge is 0.464 e. The van der Waals surface area contributed by atoms with Gasteiger partial charge in [-0.15, -0.1) is 10.2 Å². The first-order valence-corrected chi connectivity index (χ1v) is 7.16. The molecule has 18 heavy (non-hydrogen) atoms. The molecule has 2 rings (SSSR count). The van der Waals surface area contributed by atoms with E-state index >= 15 is 0 Å². The summed E-state index contributed by atoms with van der Waals surface area (Å²) in [6, 6.07) is 1.91. The predicted octanol–water partition coefficient (Wildman–Crippen LogP) is 2.25. The topological polar surface area (TPSA) is 55.3 Å². The first-order valence-electron chi connectivity index (χ1n) is 6.09. The zero-order valence-electron chi connectivity index (χ0n) is 10.4. The van der Waals surface area contributed by atoms with Crippen molar-refractivity contribution >= 4 is 34.2 Å². The van der Waals surface area contributed by atoms with Gasteiger partial charge in [0.25, 0.3) is 0 Å². The summed E-state index contributed by atoms with van der Waals surface area (Å²) in [6.07, 6.45) is 4.80. The minimum Gasteiger partial charge on any atom is -0.464 e. The van der Waals surface area contributed by atoms with E-state index in [1.807, 2.05) is 6.07 Å². The predicted molar refractivity (Wildman–Crippen MR) is 76.8 cm³/mol. The number of anilines is 1. The molecular weight excluding hydrogens is 345 g/mol. The Labute approximate surface area is 120 Å². The fourth-order valence-corrected chi connectivity index (χ4v) is 2.56. The zero-order valence-corrected chi connectivity index (χ0v) is 12.5. The maximum atomic E-state index is 11.7. The Hall–Kier alpha value is -0.920. The summed E-state index contributed by atoms with van der Waals surface area (Å²) >= 11 is 2.11. The maximum absolute atomic E-state index is 11.7. The van der Waals surface area contributed by atoms with E-state index in [-0.39, 0.29) is 0 Å². The Bertz CT molecular complexity index is 431. The smallest absolute Gasteiger partial charge is 0.360 e. The van der Waals surface area contributed by atoms with Crippen molar-refractivity contribution in [3.8, 4) is 0 Å². The fraction of sp³-hybridized carbons (Fsp3) is 0.583.